The van der Waals surface area contributed by atoms with Crippen molar-refractivity contribution in [3.05, 3.63) is 0 Å². The van der Waals surface area contributed by atoms with Gasteiger partial charge in [-0.2, -0.15) is 12.6 Å². The van der Waals surface area contributed by atoms with E-state index < -0.39 is 20.6 Å². The van der Waals surface area contributed by atoms with Crippen molar-refractivity contribution in [1.82, 2.24) is 0 Å². The summed E-state index contributed by atoms with van der Waals surface area (Å²) in [5, 5.41) is -1.86. The molecule has 1 aliphatic rings. The topological polar surface area (TPSA) is 115 Å². The van der Waals surface area contributed by atoms with Crippen molar-refractivity contribution in [2.75, 3.05) is 32.4 Å². The molecular formula is C10H24NO6P2S+. The van der Waals surface area contributed by atoms with Gasteiger partial charge < -0.3 is 24.1 Å². The first kappa shape index (κ1) is 18.7. The molecule has 1 heterocycles. The largest absolute Gasteiger partial charge is 0.340 e. The highest BCUT2D eigenvalue weighted by atomic mass is 32.1. The van der Waals surface area contributed by atoms with E-state index in [9.17, 15) is 9.13 Å². The van der Waals surface area contributed by atoms with E-state index in [0.29, 0.717) is 0 Å². The average molecular weight is 348 g/mol. The molecule has 4 N–H and O–H groups in total. The fraction of sp³-hybridized carbons (Fsp3) is 1.00. The van der Waals surface area contributed by atoms with Crippen LogP contribution in [0.3, 0.4) is 0 Å². The average Bonchev–Trinajstić information content (AvgIpc) is 2.25. The summed E-state index contributed by atoms with van der Waals surface area (Å²) in [6, 6.07) is 0. The monoisotopic (exact) mass is 348 g/mol. The van der Waals surface area contributed by atoms with Gasteiger partial charge in [0, 0.05) is 5.75 Å². The molecule has 1 saturated heterocycles. The zero-order valence-corrected chi connectivity index (χ0v) is 14.2. The van der Waals surface area contributed by atoms with Crippen LogP contribution in [0.5, 0.6) is 0 Å². The number of rotatable bonds is 6. The minimum atomic E-state index is -4.79. The molecule has 1 aliphatic heterocycles. The van der Waals surface area contributed by atoms with Crippen LogP contribution in [-0.2, 0) is 9.13 Å². The van der Waals surface area contributed by atoms with Gasteiger partial charge in [0.1, 0.15) is 0 Å². The Morgan fingerprint density at radius 1 is 1.15 bits per heavy atom. The van der Waals surface area contributed by atoms with Gasteiger partial charge in [-0.3, -0.25) is 9.13 Å². The van der Waals surface area contributed by atoms with E-state index in [1.54, 1.807) is 0 Å². The Morgan fingerprint density at radius 3 is 1.95 bits per heavy atom. The van der Waals surface area contributed by atoms with E-state index >= 15 is 0 Å². The summed E-state index contributed by atoms with van der Waals surface area (Å²) in [5.74, 6) is 0.723. The fourth-order valence-electron chi connectivity index (χ4n) is 2.71. The van der Waals surface area contributed by atoms with Gasteiger partial charge in [-0.15, -0.1) is 0 Å². The third-order valence-electron chi connectivity index (χ3n) is 4.11. The first-order valence-electron chi connectivity index (χ1n) is 6.53. The van der Waals surface area contributed by atoms with Crippen LogP contribution in [0.2, 0.25) is 0 Å². The molecule has 0 aromatic carbocycles. The SMILES string of the molecule is C[N+]1(CCS)CCC(CC(P(=O)(O)O)P(=O)(O)O)CC1. The van der Waals surface area contributed by atoms with E-state index in [0.717, 1.165) is 42.7 Å². The maximum absolute atomic E-state index is 11.3. The fourth-order valence-corrected chi connectivity index (χ4v) is 5.91. The third-order valence-corrected chi connectivity index (χ3v) is 8.09. The highest BCUT2D eigenvalue weighted by Gasteiger charge is 2.45. The number of likely N-dealkylation sites (tertiary alicyclic amines) is 1. The Balaban J connectivity index is 2.66. The molecule has 7 nitrogen and oxygen atoms in total. The summed E-state index contributed by atoms with van der Waals surface area (Å²) in [4.78, 5) is 36.5. The van der Waals surface area contributed by atoms with E-state index in [1.165, 1.54) is 0 Å². The molecule has 0 saturated carbocycles. The Hall–Kier alpha value is 0.610. The highest BCUT2D eigenvalue weighted by Crippen LogP contribution is 2.62. The zero-order valence-electron chi connectivity index (χ0n) is 11.5. The number of thiol groups is 1. The van der Waals surface area contributed by atoms with Crippen molar-refractivity contribution >= 4 is 27.8 Å². The molecule has 0 aromatic heterocycles. The second kappa shape index (κ2) is 6.80. The molecule has 0 bridgehead atoms. The Bertz CT molecular complexity index is 392. The molecule has 0 radical (unpaired) electrons. The second-order valence-corrected chi connectivity index (χ2v) is 10.3. The maximum Gasteiger partial charge on any atom is 0.340 e. The first-order valence-corrected chi connectivity index (χ1v) is 10.5. The van der Waals surface area contributed by atoms with Gasteiger partial charge in [-0.1, -0.05) is 0 Å². The summed E-state index contributed by atoms with van der Waals surface area (Å²) in [7, 11) is -7.47. The summed E-state index contributed by atoms with van der Waals surface area (Å²) in [6.45, 7) is 2.62. The quantitative estimate of drug-likeness (QED) is 0.276. The Labute approximate surface area is 124 Å². The summed E-state index contributed by atoms with van der Waals surface area (Å²) >= 11 is 4.22. The molecule has 0 aromatic rings. The molecule has 0 unspecified atom stereocenters. The number of hydrogen-bond acceptors (Lipinski definition) is 3. The van der Waals surface area contributed by atoms with E-state index in [1.807, 2.05) is 0 Å². The molecular weight excluding hydrogens is 324 g/mol. The maximum atomic E-state index is 11.3. The van der Waals surface area contributed by atoms with Gasteiger partial charge >= 0.3 is 15.2 Å². The minimum Gasteiger partial charge on any atom is -0.325 e. The molecule has 0 aliphatic carbocycles. The van der Waals surface area contributed by atoms with Crippen LogP contribution in [-0.4, -0.2) is 61.9 Å². The van der Waals surface area contributed by atoms with Crippen LogP contribution in [0, 0.1) is 5.92 Å². The van der Waals surface area contributed by atoms with Gasteiger partial charge in [-0.05, 0) is 25.2 Å². The van der Waals surface area contributed by atoms with Gasteiger partial charge in [0.2, 0.25) is 0 Å². The highest BCUT2D eigenvalue weighted by molar-refractivity contribution is 7.80. The standard InChI is InChI=1S/C10H23NO6P2S/c1-11(6-7-20)4-2-9(3-5-11)8-10(18(12,13)14)19(15,16)17/h9-10H,2-8H2,1H3,(H4-,12,13,14,15,16,17,20)/p+1. The second-order valence-electron chi connectivity index (χ2n) is 5.85. The van der Waals surface area contributed by atoms with Crippen LogP contribution >= 0.6 is 27.8 Å². The summed E-state index contributed by atoms with van der Waals surface area (Å²) < 4.78 is 23.4. The van der Waals surface area contributed by atoms with E-state index in [2.05, 4.69) is 19.7 Å². The van der Waals surface area contributed by atoms with Crippen LogP contribution in [0.25, 0.3) is 0 Å². The zero-order chi connectivity index (χ0) is 15.6. The number of hydrogen-bond donors (Lipinski definition) is 5. The van der Waals surface area contributed by atoms with Crippen LogP contribution in [0.4, 0.5) is 0 Å². The molecule has 120 valence electrons. The van der Waals surface area contributed by atoms with E-state index in [-0.39, 0.29) is 12.3 Å². The van der Waals surface area contributed by atoms with Crippen molar-refractivity contribution in [2.24, 2.45) is 5.92 Å². The number of nitrogens with zero attached hydrogens (tertiary/aromatic N) is 1. The van der Waals surface area contributed by atoms with Crippen molar-refractivity contribution in [3.63, 3.8) is 0 Å². The lowest BCUT2D eigenvalue weighted by Gasteiger charge is -2.41. The predicted molar refractivity (Wildman–Crippen MR) is 79.9 cm³/mol. The van der Waals surface area contributed by atoms with Gasteiger partial charge in [0.25, 0.3) is 0 Å². The van der Waals surface area contributed by atoms with Gasteiger partial charge in [-0.25, -0.2) is 0 Å². The minimum absolute atomic E-state index is 0.0497. The van der Waals surface area contributed by atoms with Crippen LogP contribution < -0.4 is 0 Å². The molecule has 10 heteroatoms. The Kier molecular flexibility index (Phi) is 6.34. The number of quaternary nitrogens is 1. The molecule has 0 amide bonds. The van der Waals surface area contributed by atoms with Crippen LogP contribution in [0.15, 0.2) is 0 Å². The van der Waals surface area contributed by atoms with Crippen molar-refractivity contribution in [2.45, 2.75) is 24.7 Å². The summed E-state index contributed by atoms with van der Waals surface area (Å²) in [5.41, 5.74) is 0. The van der Waals surface area contributed by atoms with Crippen molar-refractivity contribution in [1.29, 1.82) is 0 Å². The number of piperidine rings is 1. The van der Waals surface area contributed by atoms with E-state index in [4.69, 9.17) is 19.6 Å². The molecule has 1 fully saturated rings. The lowest BCUT2D eigenvalue weighted by molar-refractivity contribution is -0.912. The third kappa shape index (κ3) is 5.43. The van der Waals surface area contributed by atoms with Crippen molar-refractivity contribution < 1.29 is 33.2 Å². The molecule has 0 spiro atoms. The van der Waals surface area contributed by atoms with Crippen LogP contribution in [0.1, 0.15) is 19.3 Å². The smallest absolute Gasteiger partial charge is 0.325 e. The molecule has 0 atom stereocenters. The van der Waals surface area contributed by atoms with Crippen molar-refractivity contribution in [3.8, 4) is 0 Å². The lowest BCUT2D eigenvalue weighted by Crippen LogP contribution is -2.51. The first-order chi connectivity index (χ1) is 8.98. The molecule has 1 rings (SSSR count). The lowest BCUT2D eigenvalue weighted by atomic mass is 9.93. The predicted octanol–water partition coefficient (Wildman–Crippen LogP) is 0.844. The summed E-state index contributed by atoms with van der Waals surface area (Å²) in [6.07, 6.45) is 1.33. The van der Waals surface area contributed by atoms with Gasteiger partial charge in [0.05, 0.1) is 26.7 Å². The van der Waals surface area contributed by atoms with Gasteiger partial charge in [0.15, 0.2) is 5.40 Å². The Morgan fingerprint density at radius 2 is 1.60 bits per heavy atom. The molecule has 20 heavy (non-hydrogen) atoms. The normalized spacial score (nSPS) is 28.9.